The van der Waals surface area contributed by atoms with Crippen molar-refractivity contribution >= 4 is 23.6 Å². The SMILES string of the molecule is COc1ccc2c(c1)CN(C(=O)OC(C)(C)C)[C@H]([C@H](O)CNC(=O)c1cc(Cl)ncn1)C2. The minimum Gasteiger partial charge on any atom is -0.497 e. The fraction of sp³-hybridized carbons (Fsp3) is 0.455. The number of aromatic nitrogens is 2. The first-order chi connectivity index (χ1) is 15.1. The van der Waals surface area contributed by atoms with Gasteiger partial charge < -0.3 is 19.9 Å². The number of amides is 2. The van der Waals surface area contributed by atoms with Gasteiger partial charge in [0.15, 0.2) is 0 Å². The highest BCUT2D eigenvalue weighted by Gasteiger charge is 2.37. The maximum Gasteiger partial charge on any atom is 0.410 e. The Morgan fingerprint density at radius 3 is 2.69 bits per heavy atom. The summed E-state index contributed by atoms with van der Waals surface area (Å²) in [7, 11) is 1.58. The molecule has 0 unspecified atom stereocenters. The van der Waals surface area contributed by atoms with Gasteiger partial charge in [0.05, 0.1) is 19.3 Å². The number of rotatable bonds is 5. The summed E-state index contributed by atoms with van der Waals surface area (Å²) in [6.07, 6.45) is 0.00194. The number of halogens is 1. The number of carbonyl (C=O) groups is 2. The van der Waals surface area contributed by atoms with Crippen LogP contribution in [0, 0.1) is 0 Å². The number of hydrogen-bond donors (Lipinski definition) is 2. The fourth-order valence-electron chi connectivity index (χ4n) is 3.46. The number of aliphatic hydroxyl groups is 1. The first kappa shape index (κ1) is 23.7. The zero-order valence-electron chi connectivity index (χ0n) is 18.5. The van der Waals surface area contributed by atoms with E-state index in [0.29, 0.717) is 12.2 Å². The largest absolute Gasteiger partial charge is 0.497 e. The lowest BCUT2D eigenvalue weighted by atomic mass is 9.91. The molecule has 32 heavy (non-hydrogen) atoms. The number of nitrogens with one attached hydrogen (secondary N) is 1. The minimum absolute atomic E-state index is 0.0854. The molecule has 1 aromatic heterocycles. The Morgan fingerprint density at radius 2 is 2.03 bits per heavy atom. The van der Waals surface area contributed by atoms with Crippen molar-refractivity contribution in [2.24, 2.45) is 0 Å². The van der Waals surface area contributed by atoms with Crippen LogP contribution in [0.4, 0.5) is 4.79 Å². The molecule has 2 heterocycles. The molecule has 10 heteroatoms. The quantitative estimate of drug-likeness (QED) is 0.656. The monoisotopic (exact) mass is 462 g/mol. The summed E-state index contributed by atoms with van der Waals surface area (Å²) < 4.78 is 10.9. The molecule has 172 valence electrons. The van der Waals surface area contributed by atoms with Gasteiger partial charge in [-0.05, 0) is 50.5 Å². The van der Waals surface area contributed by atoms with Crippen molar-refractivity contribution in [2.45, 2.75) is 51.5 Å². The van der Waals surface area contributed by atoms with E-state index in [-0.39, 0.29) is 23.9 Å². The maximum absolute atomic E-state index is 12.9. The second kappa shape index (κ2) is 9.70. The summed E-state index contributed by atoms with van der Waals surface area (Å²) in [6.45, 7) is 5.51. The molecule has 1 aromatic carbocycles. The molecule has 1 aliphatic rings. The maximum atomic E-state index is 12.9. The van der Waals surface area contributed by atoms with Crippen LogP contribution in [0.15, 0.2) is 30.6 Å². The lowest BCUT2D eigenvalue weighted by Crippen LogP contribution is -2.54. The van der Waals surface area contributed by atoms with Crippen LogP contribution in [0.25, 0.3) is 0 Å². The van der Waals surface area contributed by atoms with Gasteiger partial charge in [-0.1, -0.05) is 17.7 Å². The van der Waals surface area contributed by atoms with E-state index in [0.717, 1.165) is 11.1 Å². The number of nitrogens with zero attached hydrogens (tertiary/aromatic N) is 3. The van der Waals surface area contributed by atoms with Crippen LogP contribution in [-0.2, 0) is 17.7 Å². The first-order valence-corrected chi connectivity index (χ1v) is 10.5. The molecule has 0 spiro atoms. The molecule has 0 saturated carbocycles. The number of carbonyl (C=O) groups excluding carboxylic acids is 2. The third-order valence-corrected chi connectivity index (χ3v) is 5.20. The smallest absolute Gasteiger partial charge is 0.410 e. The Labute approximate surface area is 191 Å². The zero-order chi connectivity index (χ0) is 23.5. The summed E-state index contributed by atoms with van der Waals surface area (Å²) >= 11 is 5.80. The van der Waals surface area contributed by atoms with Crippen LogP contribution in [0.3, 0.4) is 0 Å². The number of methoxy groups -OCH3 is 1. The van der Waals surface area contributed by atoms with Gasteiger partial charge in [-0.2, -0.15) is 0 Å². The van der Waals surface area contributed by atoms with Crippen molar-refractivity contribution in [2.75, 3.05) is 13.7 Å². The topological polar surface area (TPSA) is 114 Å². The summed E-state index contributed by atoms with van der Waals surface area (Å²) in [5.41, 5.74) is 1.30. The van der Waals surface area contributed by atoms with Crippen LogP contribution in [0.1, 0.15) is 42.4 Å². The minimum atomic E-state index is -1.04. The average Bonchev–Trinajstić information content (AvgIpc) is 2.74. The second-order valence-corrected chi connectivity index (χ2v) is 8.90. The third-order valence-electron chi connectivity index (χ3n) is 4.99. The second-order valence-electron chi connectivity index (χ2n) is 8.52. The summed E-state index contributed by atoms with van der Waals surface area (Å²) in [4.78, 5) is 34.4. The standard InChI is InChI=1S/C22H27ClN4O5/c1-22(2,3)32-21(30)27-11-14-7-15(31-4)6-5-13(14)8-17(27)18(28)10-24-20(29)16-9-19(23)26-12-25-16/h5-7,9,12,17-18,28H,8,10-11H2,1-4H3,(H,24,29)/t17-,18+/m0/s1. The van der Waals surface area contributed by atoms with E-state index < -0.39 is 29.7 Å². The summed E-state index contributed by atoms with van der Waals surface area (Å²) in [6, 6.07) is 6.37. The molecule has 1 aliphatic heterocycles. The average molecular weight is 463 g/mol. The Hall–Kier alpha value is -2.91. The van der Waals surface area contributed by atoms with Crippen LogP contribution < -0.4 is 10.1 Å². The Balaban J connectivity index is 1.78. The molecule has 9 nitrogen and oxygen atoms in total. The number of benzene rings is 1. The summed E-state index contributed by atoms with van der Waals surface area (Å²) in [5.74, 6) is 0.181. The molecule has 0 radical (unpaired) electrons. The van der Waals surface area contributed by atoms with Gasteiger partial charge in [-0.15, -0.1) is 0 Å². The Morgan fingerprint density at radius 1 is 1.28 bits per heavy atom. The number of aliphatic hydroxyl groups excluding tert-OH is 1. The van der Waals surface area contributed by atoms with E-state index >= 15 is 0 Å². The molecular formula is C22H27ClN4O5. The molecule has 2 aromatic rings. The van der Waals surface area contributed by atoms with Gasteiger partial charge in [0.25, 0.3) is 5.91 Å². The molecule has 0 aliphatic carbocycles. The van der Waals surface area contributed by atoms with E-state index in [2.05, 4.69) is 15.3 Å². The first-order valence-electron chi connectivity index (χ1n) is 10.2. The van der Waals surface area contributed by atoms with E-state index in [4.69, 9.17) is 21.1 Å². The molecule has 3 rings (SSSR count). The third kappa shape index (κ3) is 5.86. The fourth-order valence-corrected chi connectivity index (χ4v) is 3.60. The van der Waals surface area contributed by atoms with Gasteiger partial charge in [0.2, 0.25) is 0 Å². The number of fused-ring (bicyclic) bond motifs is 1. The highest BCUT2D eigenvalue weighted by Crippen LogP contribution is 2.29. The molecule has 0 fully saturated rings. The zero-order valence-corrected chi connectivity index (χ0v) is 19.2. The van der Waals surface area contributed by atoms with Gasteiger partial charge in [-0.3, -0.25) is 9.69 Å². The van der Waals surface area contributed by atoms with Crippen molar-refractivity contribution in [1.29, 1.82) is 0 Å². The Kier molecular flexibility index (Phi) is 7.20. The predicted octanol–water partition coefficient (Wildman–Crippen LogP) is 2.59. The van der Waals surface area contributed by atoms with Crippen molar-refractivity contribution in [3.63, 3.8) is 0 Å². The lowest BCUT2D eigenvalue weighted by molar-refractivity contribution is -0.0113. The van der Waals surface area contributed by atoms with Crippen LogP contribution >= 0.6 is 11.6 Å². The predicted molar refractivity (Wildman–Crippen MR) is 118 cm³/mol. The van der Waals surface area contributed by atoms with Gasteiger partial charge in [0, 0.05) is 19.2 Å². The van der Waals surface area contributed by atoms with Crippen molar-refractivity contribution < 1.29 is 24.2 Å². The van der Waals surface area contributed by atoms with E-state index in [1.54, 1.807) is 27.9 Å². The van der Waals surface area contributed by atoms with Gasteiger partial charge >= 0.3 is 6.09 Å². The highest BCUT2D eigenvalue weighted by molar-refractivity contribution is 6.29. The molecule has 0 bridgehead atoms. The molecule has 2 N–H and O–H groups in total. The van der Waals surface area contributed by atoms with Crippen molar-refractivity contribution in [1.82, 2.24) is 20.2 Å². The van der Waals surface area contributed by atoms with Crippen LogP contribution in [0.5, 0.6) is 5.75 Å². The van der Waals surface area contributed by atoms with E-state index in [1.807, 2.05) is 18.2 Å². The molecule has 2 amide bonds. The molecule has 0 saturated heterocycles. The van der Waals surface area contributed by atoms with Crippen LogP contribution in [-0.4, -0.2) is 63.4 Å². The van der Waals surface area contributed by atoms with E-state index in [9.17, 15) is 14.7 Å². The van der Waals surface area contributed by atoms with Gasteiger partial charge in [0.1, 0.15) is 28.5 Å². The molecule has 2 atom stereocenters. The highest BCUT2D eigenvalue weighted by atomic mass is 35.5. The Bertz CT molecular complexity index is 995. The number of ether oxygens (including phenoxy) is 2. The van der Waals surface area contributed by atoms with E-state index in [1.165, 1.54) is 17.3 Å². The summed E-state index contributed by atoms with van der Waals surface area (Å²) in [5, 5.41) is 13.7. The number of hydrogen-bond acceptors (Lipinski definition) is 7. The van der Waals surface area contributed by atoms with Crippen LogP contribution in [0.2, 0.25) is 5.15 Å². The van der Waals surface area contributed by atoms with Crippen molar-refractivity contribution in [3.05, 3.63) is 52.6 Å². The lowest BCUT2D eigenvalue weighted by Gasteiger charge is -2.40. The van der Waals surface area contributed by atoms with Gasteiger partial charge in [-0.25, -0.2) is 14.8 Å². The normalized spacial score (nSPS) is 16.7. The molecular weight excluding hydrogens is 436 g/mol. The van der Waals surface area contributed by atoms with Crippen molar-refractivity contribution in [3.8, 4) is 5.75 Å².